The number of benzene rings is 2. The number of halogens is 3. The molecule has 254 valence electrons. The number of aryl methyl sites for hydroxylation is 1. The highest BCUT2D eigenvalue weighted by Gasteiger charge is 2.34. The lowest BCUT2D eigenvalue weighted by Crippen LogP contribution is -2.49. The van der Waals surface area contributed by atoms with Gasteiger partial charge in [0.1, 0.15) is 16.5 Å². The maximum atomic E-state index is 13.9. The molecule has 2 amide bonds. The number of aromatic nitrogens is 2. The van der Waals surface area contributed by atoms with E-state index in [2.05, 4.69) is 20.6 Å². The summed E-state index contributed by atoms with van der Waals surface area (Å²) in [5.41, 5.74) is 1.77. The number of amides is 2. The van der Waals surface area contributed by atoms with Gasteiger partial charge in [-0.15, -0.1) is 11.3 Å². The predicted molar refractivity (Wildman–Crippen MR) is 179 cm³/mol. The highest BCUT2D eigenvalue weighted by atomic mass is 32.1. The molecule has 1 fully saturated rings. The maximum Gasteiger partial charge on any atom is 0.416 e. The van der Waals surface area contributed by atoms with Crippen molar-refractivity contribution in [2.24, 2.45) is 0 Å². The minimum Gasteiger partial charge on any atom is -0.390 e. The van der Waals surface area contributed by atoms with Gasteiger partial charge in [-0.2, -0.15) is 13.2 Å². The molecule has 3 atom stereocenters. The number of nitrogens with zero attached hydrogens (tertiary/aromatic N) is 4. The Hall–Kier alpha value is -4.33. The normalized spacial score (nSPS) is 16.1. The molecule has 1 aliphatic heterocycles. The van der Waals surface area contributed by atoms with Crippen LogP contribution in [-0.2, 0) is 19.1 Å². The Balaban J connectivity index is 1.34. The van der Waals surface area contributed by atoms with Crippen LogP contribution < -0.4 is 15.5 Å². The van der Waals surface area contributed by atoms with Crippen molar-refractivity contribution in [3.63, 3.8) is 0 Å². The molecule has 2 aromatic carbocycles. The third-order valence-electron chi connectivity index (χ3n) is 8.20. The second kappa shape index (κ2) is 15.3. The summed E-state index contributed by atoms with van der Waals surface area (Å²) >= 11 is 1.53. The quantitative estimate of drug-likeness (QED) is 0.184. The Morgan fingerprint density at radius 3 is 2.50 bits per heavy atom. The van der Waals surface area contributed by atoms with E-state index in [-0.39, 0.29) is 37.2 Å². The number of aliphatic hydroxyl groups is 1. The van der Waals surface area contributed by atoms with Crippen molar-refractivity contribution in [2.45, 2.75) is 57.1 Å². The van der Waals surface area contributed by atoms with Gasteiger partial charge in [0, 0.05) is 50.4 Å². The Labute approximate surface area is 281 Å². The van der Waals surface area contributed by atoms with Gasteiger partial charge in [0.2, 0.25) is 0 Å². The van der Waals surface area contributed by atoms with Gasteiger partial charge in [0.25, 0.3) is 11.8 Å². The molecule has 4 aromatic rings. The van der Waals surface area contributed by atoms with Gasteiger partial charge in [0.15, 0.2) is 0 Å². The summed E-state index contributed by atoms with van der Waals surface area (Å²) in [4.78, 5) is 40.3. The van der Waals surface area contributed by atoms with Gasteiger partial charge >= 0.3 is 6.18 Å². The summed E-state index contributed by atoms with van der Waals surface area (Å²) in [7, 11) is 3.54. The second-order valence-electron chi connectivity index (χ2n) is 12.1. The molecule has 0 saturated carbocycles. The Kier molecular flexibility index (Phi) is 11.1. The standard InChI is InChI=1S/C35H39F3N6O3S/c1-22-21-48-33(40-22)29-13-8-14-44(29)34(47)25-17-28(41-31(18-25)43(2)3)32(46)42-27(16-23-9-5-4-6-10-23)30(45)20-39-19-24-11-7-12-26(15-24)35(36,37)38/h4-7,9-12,15,17-18,21,27,29-30,39,45H,8,13-14,16,19-20H2,1-3H3,(H,42,46)/t27-,29+,30-/m0/s1. The minimum absolute atomic E-state index is 0.00446. The smallest absolute Gasteiger partial charge is 0.390 e. The molecule has 1 saturated heterocycles. The van der Waals surface area contributed by atoms with E-state index in [0.29, 0.717) is 23.5 Å². The number of rotatable bonds is 12. The molecule has 0 unspecified atom stereocenters. The molecule has 13 heteroatoms. The fraction of sp³-hybridized carbons (Fsp3) is 0.371. The van der Waals surface area contributed by atoms with E-state index in [4.69, 9.17) is 0 Å². The third-order valence-corrected chi connectivity index (χ3v) is 9.27. The van der Waals surface area contributed by atoms with E-state index < -0.39 is 29.8 Å². The van der Waals surface area contributed by atoms with E-state index in [9.17, 15) is 27.9 Å². The topological polar surface area (TPSA) is 111 Å². The first-order valence-electron chi connectivity index (χ1n) is 15.7. The maximum absolute atomic E-state index is 13.9. The van der Waals surface area contributed by atoms with Crippen molar-refractivity contribution < 1.29 is 27.9 Å². The van der Waals surface area contributed by atoms with E-state index in [1.54, 1.807) is 36.0 Å². The van der Waals surface area contributed by atoms with Crippen LogP contribution in [0.1, 0.15) is 67.1 Å². The van der Waals surface area contributed by atoms with E-state index in [1.807, 2.05) is 42.6 Å². The number of pyridine rings is 1. The first-order chi connectivity index (χ1) is 22.9. The van der Waals surface area contributed by atoms with Crippen molar-refractivity contribution in [1.29, 1.82) is 0 Å². The first-order valence-corrected chi connectivity index (χ1v) is 16.6. The predicted octanol–water partition coefficient (Wildman–Crippen LogP) is 5.40. The van der Waals surface area contributed by atoms with Crippen molar-refractivity contribution in [2.75, 3.05) is 32.1 Å². The number of aliphatic hydroxyl groups excluding tert-OH is 1. The Bertz CT molecular complexity index is 1720. The van der Waals surface area contributed by atoms with Crippen molar-refractivity contribution in [3.05, 3.63) is 111 Å². The van der Waals surface area contributed by atoms with Gasteiger partial charge in [-0.25, -0.2) is 9.97 Å². The molecule has 0 spiro atoms. The summed E-state index contributed by atoms with van der Waals surface area (Å²) in [6, 6.07) is 16.5. The molecule has 0 radical (unpaired) electrons. The SMILES string of the molecule is Cc1csc([C@H]2CCCN2C(=O)c2cc(C(=O)N[C@@H](Cc3ccccc3)[C@@H](O)CNCc3cccc(C(F)(F)F)c3)nc(N(C)C)c2)n1. The number of likely N-dealkylation sites (tertiary alicyclic amines) is 1. The molecule has 0 bridgehead atoms. The minimum atomic E-state index is -4.46. The van der Waals surface area contributed by atoms with Crippen LogP contribution >= 0.6 is 11.3 Å². The van der Waals surface area contributed by atoms with Gasteiger partial charge in [0.05, 0.1) is 23.8 Å². The van der Waals surface area contributed by atoms with Gasteiger partial charge in [-0.1, -0.05) is 48.5 Å². The number of carbonyl (C=O) groups excluding carboxylic acids is 2. The van der Waals surface area contributed by atoms with Crippen LogP contribution in [-0.4, -0.2) is 71.1 Å². The molecule has 9 nitrogen and oxygen atoms in total. The van der Waals surface area contributed by atoms with E-state index in [1.165, 1.54) is 23.5 Å². The van der Waals surface area contributed by atoms with Gasteiger partial charge in [-0.3, -0.25) is 9.59 Å². The van der Waals surface area contributed by atoms with Crippen molar-refractivity contribution >= 4 is 29.0 Å². The molecule has 3 N–H and O–H groups in total. The zero-order chi connectivity index (χ0) is 34.4. The number of anilines is 1. The lowest BCUT2D eigenvalue weighted by molar-refractivity contribution is -0.137. The number of nitrogens with one attached hydrogen (secondary N) is 2. The van der Waals surface area contributed by atoms with Crippen LogP contribution in [0.4, 0.5) is 19.0 Å². The molecule has 3 heterocycles. The lowest BCUT2D eigenvalue weighted by Gasteiger charge is -2.26. The van der Waals surface area contributed by atoms with Crippen LogP contribution in [0.15, 0.2) is 72.1 Å². The zero-order valence-electron chi connectivity index (χ0n) is 27.0. The first kappa shape index (κ1) is 35.0. The fourth-order valence-electron chi connectivity index (χ4n) is 5.70. The highest BCUT2D eigenvalue weighted by Crippen LogP contribution is 2.35. The number of hydrogen-bond donors (Lipinski definition) is 3. The second-order valence-corrected chi connectivity index (χ2v) is 13.0. The fourth-order valence-corrected chi connectivity index (χ4v) is 6.64. The Morgan fingerprint density at radius 2 is 1.81 bits per heavy atom. The molecular formula is C35H39F3N6O3S. The van der Waals surface area contributed by atoms with Gasteiger partial charge < -0.3 is 25.5 Å². The molecule has 1 aliphatic rings. The monoisotopic (exact) mass is 680 g/mol. The summed E-state index contributed by atoms with van der Waals surface area (Å²) in [5, 5.41) is 20.0. The average Bonchev–Trinajstić information content (AvgIpc) is 3.73. The summed E-state index contributed by atoms with van der Waals surface area (Å²) in [6.45, 7) is 2.58. The third kappa shape index (κ3) is 8.77. The van der Waals surface area contributed by atoms with Gasteiger partial charge in [-0.05, 0) is 55.5 Å². The number of thiazole rings is 1. The number of hydrogen-bond acceptors (Lipinski definition) is 8. The lowest BCUT2D eigenvalue weighted by atomic mass is 10.0. The van der Waals surface area contributed by atoms with Crippen molar-refractivity contribution in [3.8, 4) is 0 Å². The van der Waals surface area contributed by atoms with Crippen molar-refractivity contribution in [1.82, 2.24) is 25.5 Å². The molecular weight excluding hydrogens is 641 g/mol. The van der Waals surface area contributed by atoms with E-state index >= 15 is 0 Å². The summed E-state index contributed by atoms with van der Waals surface area (Å²) in [6.07, 6.45) is -3.64. The van der Waals surface area contributed by atoms with Crippen LogP contribution in [0.3, 0.4) is 0 Å². The summed E-state index contributed by atoms with van der Waals surface area (Å²) < 4.78 is 39.5. The number of alkyl halides is 3. The molecule has 48 heavy (non-hydrogen) atoms. The molecule has 5 rings (SSSR count). The van der Waals surface area contributed by atoms with Crippen LogP contribution in [0, 0.1) is 6.92 Å². The highest BCUT2D eigenvalue weighted by molar-refractivity contribution is 7.09. The summed E-state index contributed by atoms with van der Waals surface area (Å²) in [5.74, 6) is -0.363. The average molecular weight is 681 g/mol. The largest absolute Gasteiger partial charge is 0.416 e. The van der Waals surface area contributed by atoms with Crippen LogP contribution in [0.25, 0.3) is 0 Å². The number of carbonyl (C=O) groups is 2. The van der Waals surface area contributed by atoms with Crippen LogP contribution in [0.5, 0.6) is 0 Å². The Morgan fingerprint density at radius 1 is 1.06 bits per heavy atom. The van der Waals surface area contributed by atoms with Crippen LogP contribution in [0.2, 0.25) is 0 Å². The molecule has 2 aromatic heterocycles. The zero-order valence-corrected chi connectivity index (χ0v) is 27.8. The molecule has 0 aliphatic carbocycles. The van der Waals surface area contributed by atoms with E-state index in [0.717, 1.165) is 41.2 Å².